The summed E-state index contributed by atoms with van der Waals surface area (Å²) in [6, 6.07) is 4.84. The molecule has 1 amide bonds. The number of rotatable bonds is 6. The van der Waals surface area contributed by atoms with Gasteiger partial charge in [-0.1, -0.05) is 11.3 Å². The maximum Gasteiger partial charge on any atom is 0.337 e. The zero-order valence-corrected chi connectivity index (χ0v) is 19.7. The molecular formula is C20H25N3O7S2. The molecule has 1 atom stereocenters. The van der Waals surface area contributed by atoms with Crippen LogP contribution in [0.15, 0.2) is 23.2 Å². The summed E-state index contributed by atoms with van der Waals surface area (Å²) in [5.74, 6) is -2.00. The molecule has 2 heterocycles. The lowest BCUT2D eigenvalue weighted by atomic mass is 9.99. The van der Waals surface area contributed by atoms with E-state index in [-0.39, 0.29) is 24.5 Å². The first-order chi connectivity index (χ1) is 15.1. The van der Waals surface area contributed by atoms with Crippen molar-refractivity contribution >= 4 is 49.4 Å². The van der Waals surface area contributed by atoms with Crippen LogP contribution >= 0.6 is 11.3 Å². The molecule has 1 saturated heterocycles. The summed E-state index contributed by atoms with van der Waals surface area (Å²) in [5.41, 5.74) is 0.946. The van der Waals surface area contributed by atoms with Crippen molar-refractivity contribution in [2.45, 2.75) is 26.3 Å². The molecule has 0 bridgehead atoms. The summed E-state index contributed by atoms with van der Waals surface area (Å²) in [6.07, 6.45) is 2.22. The second kappa shape index (κ2) is 9.92. The summed E-state index contributed by atoms with van der Waals surface area (Å²) in [7, 11) is -2.12. The second-order valence-electron chi connectivity index (χ2n) is 7.36. The van der Waals surface area contributed by atoms with E-state index in [0.29, 0.717) is 35.2 Å². The molecule has 0 saturated carbocycles. The molecule has 12 heteroatoms. The van der Waals surface area contributed by atoms with Crippen LogP contribution in [0.1, 0.15) is 30.1 Å². The minimum absolute atomic E-state index is 0.0798. The zero-order chi connectivity index (χ0) is 23.5. The van der Waals surface area contributed by atoms with Crippen LogP contribution in [0.4, 0.5) is 0 Å². The van der Waals surface area contributed by atoms with Gasteiger partial charge in [0.2, 0.25) is 10.0 Å². The molecule has 1 aromatic heterocycles. The predicted molar refractivity (Wildman–Crippen MR) is 117 cm³/mol. The number of methoxy groups -OCH3 is 1. The highest BCUT2D eigenvalue weighted by Gasteiger charge is 2.30. The first-order valence-corrected chi connectivity index (χ1v) is 12.7. The van der Waals surface area contributed by atoms with Gasteiger partial charge in [0.25, 0.3) is 5.91 Å². The number of amides is 1. The highest BCUT2D eigenvalue weighted by atomic mass is 32.2. The van der Waals surface area contributed by atoms with Gasteiger partial charge >= 0.3 is 11.9 Å². The van der Waals surface area contributed by atoms with E-state index in [4.69, 9.17) is 9.47 Å². The van der Waals surface area contributed by atoms with E-state index in [2.05, 4.69) is 4.99 Å². The Kier molecular flexibility index (Phi) is 7.47. The van der Waals surface area contributed by atoms with E-state index in [1.807, 2.05) is 0 Å². The van der Waals surface area contributed by atoms with Crippen molar-refractivity contribution in [2.24, 2.45) is 10.9 Å². The average Bonchev–Trinajstić information content (AvgIpc) is 3.08. The van der Waals surface area contributed by atoms with Crippen molar-refractivity contribution < 1.29 is 32.3 Å². The minimum Gasteiger partial charge on any atom is -0.465 e. The Balaban J connectivity index is 2.02. The Morgan fingerprint density at radius 3 is 2.69 bits per heavy atom. The summed E-state index contributed by atoms with van der Waals surface area (Å²) in [5, 5.41) is 0. The zero-order valence-electron chi connectivity index (χ0n) is 18.1. The molecule has 1 aliphatic rings. The summed E-state index contributed by atoms with van der Waals surface area (Å²) >= 11 is 1.15. The molecule has 2 aromatic rings. The normalized spacial score (nSPS) is 18.0. The van der Waals surface area contributed by atoms with Crippen molar-refractivity contribution in [3.8, 4) is 0 Å². The molecule has 1 aromatic carbocycles. The maximum absolute atomic E-state index is 12.9. The van der Waals surface area contributed by atoms with E-state index >= 15 is 0 Å². The number of fused-ring (bicyclic) bond motifs is 1. The van der Waals surface area contributed by atoms with Crippen molar-refractivity contribution in [3.63, 3.8) is 0 Å². The summed E-state index contributed by atoms with van der Waals surface area (Å²) < 4.78 is 37.0. The molecular weight excluding hydrogens is 458 g/mol. The Morgan fingerprint density at radius 2 is 2.03 bits per heavy atom. The fourth-order valence-corrected chi connectivity index (χ4v) is 5.51. The lowest BCUT2D eigenvalue weighted by molar-refractivity contribution is -0.143. The number of carbonyl (C=O) groups is 3. The standard InChI is InChI=1S/C20H25N3O7S2/c1-4-30-17(24)12-23-15-8-7-13(19(26)29-2)10-16(15)31-20(23)21-18(25)14-6-5-9-22(11-14)32(3,27)28/h7-8,10,14H,4-6,9,11-12H2,1-3H3. The van der Waals surface area contributed by atoms with Gasteiger partial charge in [0.05, 0.1) is 41.7 Å². The number of ether oxygens (including phenoxy) is 2. The SMILES string of the molecule is CCOC(=O)Cn1c(=NC(=O)C2CCCN(S(C)(=O)=O)C2)sc2cc(C(=O)OC)ccc21. The molecule has 0 radical (unpaired) electrons. The van der Waals surface area contributed by atoms with Crippen LogP contribution in [-0.4, -0.2) is 68.2 Å². The van der Waals surface area contributed by atoms with Gasteiger partial charge in [-0.3, -0.25) is 9.59 Å². The number of piperidine rings is 1. The summed E-state index contributed by atoms with van der Waals surface area (Å²) in [4.78, 5) is 41.5. The molecule has 0 spiro atoms. The molecule has 1 unspecified atom stereocenters. The van der Waals surface area contributed by atoms with Crippen molar-refractivity contribution in [3.05, 3.63) is 28.6 Å². The van der Waals surface area contributed by atoms with Crippen LogP contribution in [0, 0.1) is 5.92 Å². The maximum atomic E-state index is 12.9. The van der Waals surface area contributed by atoms with Gasteiger partial charge in [0, 0.05) is 13.1 Å². The average molecular weight is 484 g/mol. The Hall–Kier alpha value is -2.57. The number of carbonyl (C=O) groups excluding carboxylic acids is 3. The number of aromatic nitrogens is 1. The van der Waals surface area contributed by atoms with E-state index in [0.717, 1.165) is 17.6 Å². The molecule has 174 valence electrons. The lowest BCUT2D eigenvalue weighted by Gasteiger charge is -2.28. The minimum atomic E-state index is -3.40. The Bertz CT molecular complexity index is 1210. The van der Waals surface area contributed by atoms with Gasteiger partial charge in [-0.2, -0.15) is 4.99 Å². The highest BCUT2D eigenvalue weighted by molar-refractivity contribution is 7.88. The molecule has 3 rings (SSSR count). The topological polar surface area (TPSA) is 124 Å². The van der Waals surface area contributed by atoms with E-state index in [1.165, 1.54) is 11.4 Å². The largest absolute Gasteiger partial charge is 0.465 e. The van der Waals surface area contributed by atoms with Gasteiger partial charge in [-0.25, -0.2) is 17.5 Å². The van der Waals surface area contributed by atoms with Crippen LogP contribution in [0.3, 0.4) is 0 Å². The van der Waals surface area contributed by atoms with Crippen LogP contribution in [-0.2, 0) is 35.6 Å². The number of esters is 2. The quantitative estimate of drug-likeness (QED) is 0.565. The third-order valence-electron chi connectivity index (χ3n) is 5.10. The second-order valence-corrected chi connectivity index (χ2v) is 10.4. The first-order valence-electron chi connectivity index (χ1n) is 10.0. The molecule has 10 nitrogen and oxygen atoms in total. The fraction of sp³-hybridized carbons (Fsp3) is 0.500. The van der Waals surface area contributed by atoms with Gasteiger partial charge in [-0.15, -0.1) is 0 Å². The number of hydrogen-bond donors (Lipinski definition) is 0. The third-order valence-corrected chi connectivity index (χ3v) is 7.42. The van der Waals surface area contributed by atoms with E-state index < -0.39 is 33.8 Å². The molecule has 0 N–H and O–H groups in total. The number of thiazole rings is 1. The first kappa shape index (κ1) is 24.1. The number of nitrogens with zero attached hydrogens (tertiary/aromatic N) is 3. The van der Waals surface area contributed by atoms with Gasteiger partial charge in [0.15, 0.2) is 4.80 Å². The van der Waals surface area contributed by atoms with Gasteiger partial charge < -0.3 is 14.0 Å². The van der Waals surface area contributed by atoms with E-state index in [1.54, 1.807) is 29.7 Å². The summed E-state index contributed by atoms with van der Waals surface area (Å²) in [6.45, 7) is 2.21. The lowest BCUT2D eigenvalue weighted by Crippen LogP contribution is -2.41. The van der Waals surface area contributed by atoms with Crippen molar-refractivity contribution in [1.82, 2.24) is 8.87 Å². The monoisotopic (exact) mass is 483 g/mol. The van der Waals surface area contributed by atoms with E-state index in [9.17, 15) is 22.8 Å². The predicted octanol–water partition coefficient (Wildman–Crippen LogP) is 1.15. The Morgan fingerprint density at radius 1 is 1.28 bits per heavy atom. The number of benzene rings is 1. The van der Waals surface area contributed by atoms with Crippen LogP contribution in [0.25, 0.3) is 10.2 Å². The van der Waals surface area contributed by atoms with Crippen LogP contribution < -0.4 is 4.80 Å². The molecule has 32 heavy (non-hydrogen) atoms. The molecule has 1 fully saturated rings. The van der Waals surface area contributed by atoms with Crippen molar-refractivity contribution in [2.75, 3.05) is 33.1 Å². The smallest absolute Gasteiger partial charge is 0.337 e. The van der Waals surface area contributed by atoms with Crippen LogP contribution in [0.5, 0.6) is 0 Å². The van der Waals surface area contributed by atoms with Gasteiger partial charge in [0.1, 0.15) is 6.54 Å². The highest BCUT2D eigenvalue weighted by Crippen LogP contribution is 2.22. The molecule has 1 aliphatic heterocycles. The number of sulfonamides is 1. The fourth-order valence-electron chi connectivity index (χ4n) is 3.52. The number of hydrogen-bond acceptors (Lipinski definition) is 8. The third kappa shape index (κ3) is 5.43. The van der Waals surface area contributed by atoms with Gasteiger partial charge in [-0.05, 0) is 38.0 Å². The Labute approximate surface area is 189 Å². The van der Waals surface area contributed by atoms with Crippen LogP contribution in [0.2, 0.25) is 0 Å². The molecule has 0 aliphatic carbocycles. The van der Waals surface area contributed by atoms with Crippen molar-refractivity contribution in [1.29, 1.82) is 0 Å².